The molecule has 0 spiro atoms. The van der Waals surface area contributed by atoms with Crippen LogP contribution in [0.3, 0.4) is 0 Å². The Morgan fingerprint density at radius 1 is 1.50 bits per heavy atom. The van der Waals surface area contributed by atoms with E-state index in [4.69, 9.17) is 22.7 Å². The predicted molar refractivity (Wildman–Crippen MR) is 81.9 cm³/mol. The van der Waals surface area contributed by atoms with Crippen molar-refractivity contribution in [3.8, 4) is 5.88 Å². The van der Waals surface area contributed by atoms with Crippen LogP contribution in [0, 0.1) is 6.92 Å². The Balaban J connectivity index is 2.16. The highest BCUT2D eigenvalue weighted by Crippen LogP contribution is 2.19. The van der Waals surface area contributed by atoms with Crippen molar-refractivity contribution >= 4 is 23.0 Å². The van der Waals surface area contributed by atoms with Gasteiger partial charge in [-0.3, -0.25) is 4.68 Å². The van der Waals surface area contributed by atoms with E-state index in [1.807, 2.05) is 26.1 Å². The number of nitrogens with two attached hydrogens (primary N) is 1. The molecule has 106 valence electrons. The maximum absolute atomic E-state index is 5.74. The maximum atomic E-state index is 5.74. The van der Waals surface area contributed by atoms with Gasteiger partial charge in [0.1, 0.15) is 10.8 Å². The minimum atomic E-state index is 0.339. The van der Waals surface area contributed by atoms with Crippen LogP contribution in [-0.2, 0) is 13.6 Å². The first kappa shape index (κ1) is 14.3. The zero-order valence-corrected chi connectivity index (χ0v) is 12.5. The number of pyridine rings is 1. The van der Waals surface area contributed by atoms with Gasteiger partial charge < -0.3 is 15.8 Å². The molecule has 0 radical (unpaired) electrons. The van der Waals surface area contributed by atoms with E-state index in [9.17, 15) is 0 Å². The first-order valence-corrected chi connectivity index (χ1v) is 6.50. The molecule has 2 aromatic heterocycles. The number of thiocarbonyl (C=S) groups is 1. The molecule has 0 saturated heterocycles. The van der Waals surface area contributed by atoms with Crippen LogP contribution in [0.1, 0.15) is 16.8 Å². The van der Waals surface area contributed by atoms with Crippen molar-refractivity contribution in [2.75, 3.05) is 12.4 Å². The summed E-state index contributed by atoms with van der Waals surface area (Å²) in [5.41, 5.74) is 8.37. The van der Waals surface area contributed by atoms with Crippen molar-refractivity contribution in [3.63, 3.8) is 0 Å². The van der Waals surface area contributed by atoms with E-state index < -0.39 is 0 Å². The molecule has 6 nitrogen and oxygen atoms in total. The second kappa shape index (κ2) is 5.87. The summed E-state index contributed by atoms with van der Waals surface area (Å²) in [5.74, 6) is 1.40. The molecule has 0 amide bonds. The summed E-state index contributed by atoms with van der Waals surface area (Å²) < 4.78 is 6.76. The molecular weight excluding hydrogens is 274 g/mol. The molecule has 0 aliphatic rings. The van der Waals surface area contributed by atoms with Crippen molar-refractivity contribution in [1.82, 2.24) is 14.8 Å². The van der Waals surface area contributed by atoms with Crippen LogP contribution in [0.4, 0.5) is 5.82 Å². The number of nitrogens with one attached hydrogen (secondary N) is 1. The minimum absolute atomic E-state index is 0.339. The molecule has 2 rings (SSSR count). The van der Waals surface area contributed by atoms with Gasteiger partial charge in [0, 0.05) is 25.9 Å². The highest BCUT2D eigenvalue weighted by atomic mass is 32.1. The third-order valence-corrected chi connectivity index (χ3v) is 3.14. The van der Waals surface area contributed by atoms with Crippen molar-refractivity contribution in [3.05, 3.63) is 35.2 Å². The summed E-state index contributed by atoms with van der Waals surface area (Å²) in [4.78, 5) is 4.50. The number of rotatable bonds is 5. The summed E-state index contributed by atoms with van der Waals surface area (Å²) >= 11 is 5.07. The normalized spacial score (nSPS) is 10.3. The quantitative estimate of drug-likeness (QED) is 0.810. The summed E-state index contributed by atoms with van der Waals surface area (Å²) in [7, 11) is 3.44. The van der Waals surface area contributed by atoms with Crippen LogP contribution in [0.15, 0.2) is 18.3 Å². The summed E-state index contributed by atoms with van der Waals surface area (Å²) in [5, 5.41) is 7.61. The number of methoxy groups -OCH3 is 1. The van der Waals surface area contributed by atoms with Crippen LogP contribution < -0.4 is 15.8 Å². The second-order valence-electron chi connectivity index (χ2n) is 4.36. The molecule has 0 bridgehead atoms. The number of aromatic nitrogens is 3. The molecule has 20 heavy (non-hydrogen) atoms. The Kier molecular flexibility index (Phi) is 4.19. The van der Waals surface area contributed by atoms with Crippen molar-refractivity contribution in [2.45, 2.75) is 13.5 Å². The number of anilines is 1. The van der Waals surface area contributed by atoms with Gasteiger partial charge in [0.2, 0.25) is 5.88 Å². The molecule has 3 N–H and O–H groups in total. The van der Waals surface area contributed by atoms with Gasteiger partial charge in [-0.1, -0.05) is 18.3 Å². The minimum Gasteiger partial charge on any atom is -0.481 e. The van der Waals surface area contributed by atoms with Gasteiger partial charge in [0.05, 0.1) is 18.4 Å². The first-order valence-electron chi connectivity index (χ1n) is 6.09. The predicted octanol–water partition coefficient (Wildman–Crippen LogP) is 1.38. The SMILES string of the molecule is COc1ccc(CNc2c(C(N)=S)c(C)nn2C)cn1. The molecule has 0 aromatic carbocycles. The lowest BCUT2D eigenvalue weighted by atomic mass is 10.2. The first-order chi connectivity index (χ1) is 9.52. The summed E-state index contributed by atoms with van der Waals surface area (Å²) in [6.45, 7) is 2.49. The molecule has 0 aliphatic heterocycles. The van der Waals surface area contributed by atoms with Gasteiger partial charge in [-0.15, -0.1) is 0 Å². The fourth-order valence-electron chi connectivity index (χ4n) is 1.98. The fraction of sp³-hybridized carbons (Fsp3) is 0.308. The molecule has 0 unspecified atom stereocenters. The largest absolute Gasteiger partial charge is 0.481 e. The van der Waals surface area contributed by atoms with Gasteiger partial charge in [0.15, 0.2) is 0 Å². The van der Waals surface area contributed by atoms with E-state index in [2.05, 4.69) is 15.4 Å². The molecule has 0 aliphatic carbocycles. The fourth-order valence-corrected chi connectivity index (χ4v) is 2.22. The van der Waals surface area contributed by atoms with E-state index >= 15 is 0 Å². The number of nitrogens with zero attached hydrogens (tertiary/aromatic N) is 3. The van der Waals surface area contributed by atoms with Crippen LogP contribution >= 0.6 is 12.2 Å². The van der Waals surface area contributed by atoms with Gasteiger partial charge in [-0.25, -0.2) is 4.98 Å². The average molecular weight is 291 g/mol. The molecule has 0 fully saturated rings. The zero-order chi connectivity index (χ0) is 14.7. The highest BCUT2D eigenvalue weighted by Gasteiger charge is 2.15. The van der Waals surface area contributed by atoms with E-state index in [0.717, 1.165) is 22.6 Å². The zero-order valence-electron chi connectivity index (χ0n) is 11.7. The number of aryl methyl sites for hydroxylation is 2. The molecule has 2 aromatic rings. The van der Waals surface area contributed by atoms with E-state index in [-0.39, 0.29) is 0 Å². The van der Waals surface area contributed by atoms with Crippen LogP contribution in [-0.4, -0.2) is 26.9 Å². The number of hydrogen-bond acceptors (Lipinski definition) is 5. The third-order valence-electron chi connectivity index (χ3n) is 2.94. The number of ether oxygens (including phenoxy) is 1. The Morgan fingerprint density at radius 2 is 2.25 bits per heavy atom. The standard InChI is InChI=1S/C13H17N5OS/c1-8-11(12(14)20)13(18(2)17-8)16-7-9-4-5-10(19-3)15-6-9/h4-6,16H,7H2,1-3H3,(H2,14,20). The monoisotopic (exact) mass is 291 g/mol. The molecular formula is C13H17N5OS. The topological polar surface area (TPSA) is 78.0 Å². The van der Waals surface area contributed by atoms with Gasteiger partial charge in [-0.05, 0) is 12.5 Å². The lowest BCUT2D eigenvalue weighted by Crippen LogP contribution is -2.14. The van der Waals surface area contributed by atoms with Crippen molar-refractivity contribution < 1.29 is 4.74 Å². The third kappa shape index (κ3) is 2.88. The van der Waals surface area contributed by atoms with Crippen molar-refractivity contribution in [2.24, 2.45) is 12.8 Å². The molecule has 0 atom stereocenters. The second-order valence-corrected chi connectivity index (χ2v) is 4.80. The van der Waals surface area contributed by atoms with E-state index in [1.165, 1.54) is 0 Å². The Labute approximate surface area is 123 Å². The smallest absolute Gasteiger partial charge is 0.212 e. The lowest BCUT2D eigenvalue weighted by Gasteiger charge is -2.09. The van der Waals surface area contributed by atoms with Crippen LogP contribution in [0.2, 0.25) is 0 Å². The highest BCUT2D eigenvalue weighted by molar-refractivity contribution is 7.80. The number of hydrogen-bond donors (Lipinski definition) is 2. The average Bonchev–Trinajstić information content (AvgIpc) is 2.71. The van der Waals surface area contributed by atoms with E-state index in [0.29, 0.717) is 17.4 Å². The van der Waals surface area contributed by atoms with Gasteiger partial charge in [0.25, 0.3) is 0 Å². The maximum Gasteiger partial charge on any atom is 0.212 e. The lowest BCUT2D eigenvalue weighted by molar-refractivity contribution is 0.397. The van der Waals surface area contributed by atoms with Crippen LogP contribution in [0.5, 0.6) is 5.88 Å². The Hall–Kier alpha value is -2.15. The molecule has 7 heteroatoms. The molecule has 0 saturated carbocycles. The van der Waals surface area contributed by atoms with Crippen LogP contribution in [0.25, 0.3) is 0 Å². The summed E-state index contributed by atoms with van der Waals surface area (Å²) in [6.07, 6.45) is 1.76. The Morgan fingerprint density at radius 3 is 2.80 bits per heavy atom. The summed E-state index contributed by atoms with van der Waals surface area (Å²) in [6, 6.07) is 3.77. The van der Waals surface area contributed by atoms with Gasteiger partial charge in [-0.2, -0.15) is 5.10 Å². The van der Waals surface area contributed by atoms with Crippen molar-refractivity contribution in [1.29, 1.82) is 0 Å². The Bertz CT molecular complexity index is 620. The van der Waals surface area contributed by atoms with E-state index in [1.54, 1.807) is 18.0 Å². The molecule has 2 heterocycles. The van der Waals surface area contributed by atoms with Gasteiger partial charge >= 0.3 is 0 Å².